The third-order valence-corrected chi connectivity index (χ3v) is 5.75. The number of halogens is 3. The Balaban J connectivity index is 0.00000160. The third-order valence-electron chi connectivity index (χ3n) is 5.75. The molecule has 5 nitrogen and oxygen atoms in total. The fourth-order valence-electron chi connectivity index (χ4n) is 4.37. The molecule has 2 saturated heterocycles. The van der Waals surface area contributed by atoms with Gasteiger partial charge in [-0.1, -0.05) is 18.2 Å². The highest BCUT2D eigenvalue weighted by molar-refractivity contribution is 5.85. The van der Waals surface area contributed by atoms with Crippen molar-refractivity contribution in [3.05, 3.63) is 65.7 Å². The van der Waals surface area contributed by atoms with Crippen LogP contribution in [0.5, 0.6) is 0 Å². The monoisotopic (exact) mass is 454 g/mol. The molecule has 2 fully saturated rings. The second-order valence-electron chi connectivity index (χ2n) is 7.74. The Labute approximate surface area is 189 Å². The molecule has 2 unspecified atom stereocenters. The average Bonchev–Trinajstić information content (AvgIpc) is 2.74. The Bertz CT molecular complexity index is 811. The predicted molar refractivity (Wildman–Crippen MR) is 120 cm³/mol. The van der Waals surface area contributed by atoms with Crippen LogP contribution in [0.4, 0.5) is 4.39 Å². The van der Waals surface area contributed by atoms with E-state index in [0.29, 0.717) is 6.54 Å². The van der Waals surface area contributed by atoms with Crippen molar-refractivity contribution in [1.82, 2.24) is 20.1 Å². The van der Waals surface area contributed by atoms with Crippen LogP contribution in [-0.2, 0) is 11.3 Å². The summed E-state index contributed by atoms with van der Waals surface area (Å²) in [5.41, 5.74) is 2.04. The van der Waals surface area contributed by atoms with Crippen LogP contribution in [-0.4, -0.2) is 53.4 Å². The van der Waals surface area contributed by atoms with Gasteiger partial charge < -0.3 is 10.2 Å². The molecule has 2 aliphatic rings. The van der Waals surface area contributed by atoms with Crippen LogP contribution in [0.3, 0.4) is 0 Å². The molecule has 164 valence electrons. The number of piperidine rings is 1. The van der Waals surface area contributed by atoms with Gasteiger partial charge in [0, 0.05) is 45.1 Å². The van der Waals surface area contributed by atoms with E-state index in [0.717, 1.165) is 56.7 Å². The maximum absolute atomic E-state index is 13.5. The zero-order valence-corrected chi connectivity index (χ0v) is 18.5. The molecule has 1 aromatic carbocycles. The van der Waals surface area contributed by atoms with Crippen LogP contribution in [0, 0.1) is 11.7 Å². The van der Waals surface area contributed by atoms with Gasteiger partial charge in [0.05, 0.1) is 12.0 Å². The zero-order valence-electron chi connectivity index (χ0n) is 16.9. The van der Waals surface area contributed by atoms with Crippen molar-refractivity contribution in [3.63, 3.8) is 0 Å². The summed E-state index contributed by atoms with van der Waals surface area (Å²) in [5.74, 6) is 0.0288. The number of nitrogens with one attached hydrogen (secondary N) is 1. The molecule has 0 saturated carbocycles. The van der Waals surface area contributed by atoms with Crippen molar-refractivity contribution in [2.24, 2.45) is 5.92 Å². The number of rotatable bonds is 4. The second kappa shape index (κ2) is 11.6. The standard InChI is InChI=1S/C22H27FN4O.2ClH/c23-20-7-1-4-17(12-20)15-26-10-3-6-19(16-26)22(28)27-11-9-25-14-21(27)18-5-2-8-24-13-18;;/h1-2,4-5,7-8,12-13,19,21,25H,3,6,9-11,14-16H2;2*1H. The van der Waals surface area contributed by atoms with Crippen LogP contribution < -0.4 is 5.32 Å². The molecular weight excluding hydrogens is 426 g/mol. The minimum Gasteiger partial charge on any atom is -0.333 e. The molecule has 2 atom stereocenters. The summed E-state index contributed by atoms with van der Waals surface area (Å²) in [7, 11) is 0. The maximum atomic E-state index is 13.5. The lowest BCUT2D eigenvalue weighted by atomic mass is 9.94. The summed E-state index contributed by atoms with van der Waals surface area (Å²) in [6, 6.07) is 10.7. The second-order valence-corrected chi connectivity index (χ2v) is 7.74. The molecule has 1 amide bonds. The molecule has 1 aromatic heterocycles. The molecule has 8 heteroatoms. The van der Waals surface area contributed by atoms with Gasteiger partial charge in [-0.25, -0.2) is 4.39 Å². The zero-order chi connectivity index (χ0) is 19.3. The minimum atomic E-state index is -0.206. The normalized spacial score (nSPS) is 22.0. The van der Waals surface area contributed by atoms with Gasteiger partial charge in [0.25, 0.3) is 0 Å². The van der Waals surface area contributed by atoms with Gasteiger partial charge in [0.15, 0.2) is 0 Å². The third kappa shape index (κ3) is 5.91. The highest BCUT2D eigenvalue weighted by atomic mass is 35.5. The van der Waals surface area contributed by atoms with Gasteiger partial charge in [0.1, 0.15) is 5.82 Å². The Hall–Kier alpha value is -1.73. The number of amides is 1. The first-order chi connectivity index (χ1) is 13.7. The summed E-state index contributed by atoms with van der Waals surface area (Å²) < 4.78 is 13.5. The van der Waals surface area contributed by atoms with Crippen molar-refractivity contribution in [2.75, 3.05) is 32.7 Å². The number of aromatic nitrogens is 1. The van der Waals surface area contributed by atoms with Gasteiger partial charge >= 0.3 is 0 Å². The number of hydrogen-bond acceptors (Lipinski definition) is 4. The Morgan fingerprint density at radius 3 is 2.83 bits per heavy atom. The Morgan fingerprint density at radius 1 is 1.20 bits per heavy atom. The van der Waals surface area contributed by atoms with E-state index in [-0.39, 0.29) is 48.5 Å². The summed E-state index contributed by atoms with van der Waals surface area (Å²) in [6.45, 7) is 4.68. The van der Waals surface area contributed by atoms with Crippen molar-refractivity contribution in [1.29, 1.82) is 0 Å². The number of benzene rings is 1. The lowest BCUT2D eigenvalue weighted by Crippen LogP contribution is -2.52. The first-order valence-corrected chi connectivity index (χ1v) is 10.1. The molecule has 1 N–H and O–H groups in total. The van der Waals surface area contributed by atoms with E-state index >= 15 is 0 Å². The number of carbonyl (C=O) groups is 1. The first-order valence-electron chi connectivity index (χ1n) is 10.1. The van der Waals surface area contributed by atoms with E-state index in [1.165, 1.54) is 6.07 Å². The molecule has 0 spiro atoms. The molecule has 2 aliphatic heterocycles. The number of piperazine rings is 1. The molecule has 0 aliphatic carbocycles. The highest BCUT2D eigenvalue weighted by Crippen LogP contribution is 2.27. The van der Waals surface area contributed by atoms with Crippen molar-refractivity contribution >= 4 is 30.7 Å². The van der Waals surface area contributed by atoms with Crippen molar-refractivity contribution in [2.45, 2.75) is 25.4 Å². The van der Waals surface area contributed by atoms with Crippen LogP contribution in [0.2, 0.25) is 0 Å². The van der Waals surface area contributed by atoms with E-state index < -0.39 is 0 Å². The summed E-state index contributed by atoms with van der Waals surface area (Å²) in [6.07, 6.45) is 5.53. The molecule has 0 bridgehead atoms. The topological polar surface area (TPSA) is 48.5 Å². The quantitative estimate of drug-likeness (QED) is 0.768. The van der Waals surface area contributed by atoms with Gasteiger partial charge in [-0.2, -0.15) is 0 Å². The lowest BCUT2D eigenvalue weighted by molar-refractivity contribution is -0.141. The van der Waals surface area contributed by atoms with Gasteiger partial charge in [-0.15, -0.1) is 24.8 Å². The van der Waals surface area contributed by atoms with Gasteiger partial charge in [0.2, 0.25) is 5.91 Å². The fourth-order valence-corrected chi connectivity index (χ4v) is 4.37. The number of hydrogen-bond donors (Lipinski definition) is 1. The average molecular weight is 455 g/mol. The maximum Gasteiger partial charge on any atom is 0.227 e. The van der Waals surface area contributed by atoms with E-state index in [4.69, 9.17) is 0 Å². The van der Waals surface area contributed by atoms with Gasteiger partial charge in [-0.3, -0.25) is 14.7 Å². The van der Waals surface area contributed by atoms with Crippen molar-refractivity contribution < 1.29 is 9.18 Å². The summed E-state index contributed by atoms with van der Waals surface area (Å²) >= 11 is 0. The number of pyridine rings is 1. The number of nitrogens with zero attached hydrogens (tertiary/aromatic N) is 3. The Morgan fingerprint density at radius 2 is 2.07 bits per heavy atom. The predicted octanol–water partition coefficient (Wildman–Crippen LogP) is 3.45. The van der Waals surface area contributed by atoms with E-state index in [1.54, 1.807) is 18.3 Å². The van der Waals surface area contributed by atoms with Crippen LogP contribution in [0.1, 0.15) is 30.0 Å². The summed E-state index contributed by atoms with van der Waals surface area (Å²) in [5, 5.41) is 3.40. The molecule has 30 heavy (non-hydrogen) atoms. The SMILES string of the molecule is Cl.Cl.O=C(C1CCCN(Cc2cccc(F)c2)C1)N1CCNCC1c1cccnc1. The number of likely N-dealkylation sites (tertiary alicyclic amines) is 1. The van der Waals surface area contributed by atoms with Crippen LogP contribution >= 0.6 is 24.8 Å². The van der Waals surface area contributed by atoms with Crippen molar-refractivity contribution in [3.8, 4) is 0 Å². The molecular formula is C22H29Cl2FN4O. The number of carbonyl (C=O) groups excluding carboxylic acids is 1. The largest absolute Gasteiger partial charge is 0.333 e. The molecule has 0 radical (unpaired) electrons. The van der Waals surface area contributed by atoms with Crippen LogP contribution in [0.25, 0.3) is 0 Å². The molecule has 4 rings (SSSR count). The van der Waals surface area contributed by atoms with E-state index in [9.17, 15) is 9.18 Å². The smallest absolute Gasteiger partial charge is 0.227 e. The minimum absolute atomic E-state index is 0. The Kier molecular flexibility index (Phi) is 9.49. The lowest BCUT2D eigenvalue weighted by Gasteiger charge is -2.40. The summed E-state index contributed by atoms with van der Waals surface area (Å²) in [4.78, 5) is 21.9. The van der Waals surface area contributed by atoms with E-state index in [1.807, 2.05) is 29.3 Å². The highest BCUT2D eigenvalue weighted by Gasteiger charge is 2.34. The van der Waals surface area contributed by atoms with E-state index in [2.05, 4.69) is 15.2 Å². The molecule has 3 heterocycles. The van der Waals surface area contributed by atoms with Gasteiger partial charge in [-0.05, 0) is 48.7 Å². The molecule has 2 aromatic rings. The van der Waals surface area contributed by atoms with Crippen LogP contribution in [0.15, 0.2) is 48.8 Å². The fraction of sp³-hybridized carbons (Fsp3) is 0.455. The first kappa shape index (κ1) is 24.5.